The summed E-state index contributed by atoms with van der Waals surface area (Å²) >= 11 is 3.99. The molecular weight excluding hydrogens is 226 g/mol. The van der Waals surface area contributed by atoms with Gasteiger partial charge in [-0.1, -0.05) is 6.07 Å². The molecule has 0 aromatic heterocycles. The Morgan fingerprint density at radius 2 is 1.93 bits per heavy atom. The Bertz CT molecular complexity index is 311. The van der Waals surface area contributed by atoms with Gasteiger partial charge < -0.3 is 9.64 Å². The smallest absolute Gasteiger partial charge is 0.120 e. The van der Waals surface area contributed by atoms with E-state index in [1.807, 2.05) is 35.7 Å². The van der Waals surface area contributed by atoms with Gasteiger partial charge in [0.1, 0.15) is 5.75 Å². The molecule has 2 nitrogen and oxygen atoms in total. The first-order valence-corrected chi connectivity index (χ1v) is 7.25. The third-order valence-electron chi connectivity index (χ3n) is 2.28. The minimum Gasteiger partial charge on any atom is -0.497 e. The molecule has 4 heteroatoms. The van der Waals surface area contributed by atoms with E-state index in [2.05, 4.69) is 17.0 Å². The number of rotatable bonds is 2. The van der Waals surface area contributed by atoms with E-state index in [0.717, 1.165) is 17.5 Å². The van der Waals surface area contributed by atoms with Gasteiger partial charge in [0.15, 0.2) is 0 Å². The van der Waals surface area contributed by atoms with Gasteiger partial charge in [-0.2, -0.15) is 0 Å². The zero-order chi connectivity index (χ0) is 10.5. The number of benzene rings is 1. The van der Waals surface area contributed by atoms with Crippen molar-refractivity contribution in [3.8, 4) is 5.75 Å². The molecule has 0 spiro atoms. The third kappa shape index (κ3) is 2.98. The maximum Gasteiger partial charge on any atom is 0.120 e. The van der Waals surface area contributed by atoms with Crippen LogP contribution in [-0.4, -0.2) is 30.4 Å². The molecule has 1 aromatic carbocycles. The maximum atomic E-state index is 5.24. The summed E-state index contributed by atoms with van der Waals surface area (Å²) in [6, 6.07) is 8.29. The zero-order valence-corrected chi connectivity index (χ0v) is 10.4. The van der Waals surface area contributed by atoms with Crippen LogP contribution in [0.4, 0.5) is 5.69 Å². The van der Waals surface area contributed by atoms with Crippen LogP contribution in [0.5, 0.6) is 5.75 Å². The van der Waals surface area contributed by atoms with Crippen molar-refractivity contribution in [1.29, 1.82) is 0 Å². The van der Waals surface area contributed by atoms with Gasteiger partial charge in [-0.25, -0.2) is 0 Å². The van der Waals surface area contributed by atoms with E-state index in [1.54, 1.807) is 7.11 Å². The molecule has 1 aromatic rings. The van der Waals surface area contributed by atoms with Crippen LogP contribution >= 0.6 is 23.5 Å². The Morgan fingerprint density at radius 1 is 1.20 bits per heavy atom. The van der Waals surface area contributed by atoms with Crippen LogP contribution < -0.4 is 9.64 Å². The SMILES string of the molecule is COc1cccc(N2CSCCSC2)c1. The lowest BCUT2D eigenvalue weighted by atomic mass is 10.3. The van der Waals surface area contributed by atoms with Crippen LogP contribution in [0, 0.1) is 0 Å². The first kappa shape index (κ1) is 11.0. The molecule has 0 unspecified atom stereocenters. The minimum atomic E-state index is 0.937. The zero-order valence-electron chi connectivity index (χ0n) is 8.81. The van der Waals surface area contributed by atoms with Gasteiger partial charge in [-0.15, -0.1) is 23.5 Å². The van der Waals surface area contributed by atoms with Crippen LogP contribution in [0.1, 0.15) is 0 Å². The largest absolute Gasteiger partial charge is 0.497 e. The molecule has 0 radical (unpaired) electrons. The fraction of sp³-hybridized carbons (Fsp3) is 0.455. The van der Waals surface area contributed by atoms with Gasteiger partial charge in [0.2, 0.25) is 0 Å². The van der Waals surface area contributed by atoms with Gasteiger partial charge in [0.05, 0.1) is 18.9 Å². The molecule has 0 atom stereocenters. The molecule has 1 heterocycles. The number of ether oxygens (including phenoxy) is 1. The van der Waals surface area contributed by atoms with E-state index < -0.39 is 0 Å². The summed E-state index contributed by atoms with van der Waals surface area (Å²) in [5, 5.41) is 0. The lowest BCUT2D eigenvalue weighted by Gasteiger charge is -2.21. The summed E-state index contributed by atoms with van der Waals surface area (Å²) in [5.74, 6) is 5.61. The lowest BCUT2D eigenvalue weighted by molar-refractivity contribution is 0.415. The van der Waals surface area contributed by atoms with Crippen LogP contribution in [0.15, 0.2) is 24.3 Å². The Hall–Kier alpha value is -0.480. The van der Waals surface area contributed by atoms with Crippen molar-refractivity contribution in [1.82, 2.24) is 0 Å². The average Bonchev–Trinajstić information content (AvgIpc) is 2.58. The van der Waals surface area contributed by atoms with E-state index in [4.69, 9.17) is 4.74 Å². The molecule has 0 bridgehead atoms. The highest BCUT2D eigenvalue weighted by Gasteiger charge is 2.10. The quantitative estimate of drug-likeness (QED) is 0.789. The lowest BCUT2D eigenvalue weighted by Crippen LogP contribution is -2.20. The number of thioether (sulfide) groups is 2. The van der Waals surface area contributed by atoms with E-state index in [9.17, 15) is 0 Å². The van der Waals surface area contributed by atoms with Crippen molar-refractivity contribution in [2.24, 2.45) is 0 Å². The second kappa shape index (κ2) is 5.56. The van der Waals surface area contributed by atoms with Crippen molar-refractivity contribution in [2.45, 2.75) is 0 Å². The van der Waals surface area contributed by atoms with E-state index in [0.29, 0.717) is 0 Å². The van der Waals surface area contributed by atoms with E-state index in [1.165, 1.54) is 17.2 Å². The van der Waals surface area contributed by atoms with Crippen molar-refractivity contribution in [2.75, 3.05) is 35.3 Å². The monoisotopic (exact) mass is 241 g/mol. The van der Waals surface area contributed by atoms with Gasteiger partial charge in [0, 0.05) is 23.3 Å². The van der Waals surface area contributed by atoms with Crippen molar-refractivity contribution < 1.29 is 4.74 Å². The highest BCUT2D eigenvalue weighted by atomic mass is 32.2. The fourth-order valence-corrected chi connectivity index (χ4v) is 3.70. The molecule has 0 amide bonds. The number of nitrogens with zero attached hydrogens (tertiary/aromatic N) is 1. The van der Waals surface area contributed by atoms with E-state index in [-0.39, 0.29) is 0 Å². The Morgan fingerprint density at radius 3 is 2.60 bits per heavy atom. The van der Waals surface area contributed by atoms with Crippen LogP contribution in [-0.2, 0) is 0 Å². The first-order chi connectivity index (χ1) is 7.40. The fourth-order valence-electron chi connectivity index (χ4n) is 1.46. The predicted octanol–water partition coefficient (Wildman–Crippen LogP) is 2.90. The number of hydrogen-bond acceptors (Lipinski definition) is 4. The molecule has 0 aliphatic carbocycles. The molecule has 1 aliphatic rings. The highest BCUT2D eigenvalue weighted by Crippen LogP contribution is 2.26. The molecule has 0 N–H and O–H groups in total. The van der Waals surface area contributed by atoms with Gasteiger partial charge >= 0.3 is 0 Å². The number of hydrogen-bond donors (Lipinski definition) is 0. The summed E-state index contributed by atoms with van der Waals surface area (Å²) in [6.07, 6.45) is 0. The second-order valence-corrected chi connectivity index (χ2v) is 5.47. The summed E-state index contributed by atoms with van der Waals surface area (Å²) in [4.78, 5) is 2.39. The van der Waals surface area contributed by atoms with Gasteiger partial charge in [-0.3, -0.25) is 0 Å². The topological polar surface area (TPSA) is 12.5 Å². The molecular formula is C11H15NOS2. The second-order valence-electron chi connectivity index (χ2n) is 3.32. The van der Waals surface area contributed by atoms with Crippen LogP contribution in [0.2, 0.25) is 0 Å². The number of anilines is 1. The first-order valence-electron chi connectivity index (χ1n) is 4.94. The molecule has 1 saturated heterocycles. The summed E-state index contributed by atoms with van der Waals surface area (Å²) in [5.41, 5.74) is 1.26. The minimum absolute atomic E-state index is 0.937. The van der Waals surface area contributed by atoms with Crippen LogP contribution in [0.3, 0.4) is 0 Å². The molecule has 15 heavy (non-hydrogen) atoms. The Labute approximate surface area is 99.4 Å². The third-order valence-corrected chi connectivity index (χ3v) is 4.52. The van der Waals surface area contributed by atoms with Crippen LogP contribution in [0.25, 0.3) is 0 Å². The normalized spacial score (nSPS) is 17.3. The standard InChI is InChI=1S/C11H15NOS2/c1-13-11-4-2-3-10(7-11)12-8-14-5-6-15-9-12/h2-4,7H,5-6,8-9H2,1H3. The molecule has 82 valence electrons. The molecule has 0 saturated carbocycles. The maximum absolute atomic E-state index is 5.24. The van der Waals surface area contributed by atoms with Crippen molar-refractivity contribution in [3.05, 3.63) is 24.3 Å². The Balaban J connectivity index is 2.12. The molecule has 2 rings (SSSR count). The van der Waals surface area contributed by atoms with Crippen molar-refractivity contribution in [3.63, 3.8) is 0 Å². The van der Waals surface area contributed by atoms with Gasteiger partial charge in [0.25, 0.3) is 0 Å². The summed E-state index contributed by atoms with van der Waals surface area (Å²) in [6.45, 7) is 0. The van der Waals surface area contributed by atoms with E-state index >= 15 is 0 Å². The summed E-state index contributed by atoms with van der Waals surface area (Å²) < 4.78 is 5.24. The predicted molar refractivity (Wildman–Crippen MR) is 70.1 cm³/mol. The average molecular weight is 241 g/mol. The van der Waals surface area contributed by atoms with Gasteiger partial charge in [-0.05, 0) is 12.1 Å². The number of methoxy groups -OCH3 is 1. The highest BCUT2D eigenvalue weighted by molar-refractivity contribution is 8.03. The Kier molecular flexibility index (Phi) is 4.09. The van der Waals surface area contributed by atoms with Crippen molar-refractivity contribution >= 4 is 29.2 Å². The molecule has 1 fully saturated rings. The summed E-state index contributed by atoms with van der Waals surface area (Å²) in [7, 11) is 1.71. The molecule has 1 aliphatic heterocycles.